The first-order valence-electron chi connectivity index (χ1n) is 8.64. The molecule has 0 bridgehead atoms. The molecule has 1 saturated heterocycles. The molecular formula is C18H16N4O6. The lowest BCUT2D eigenvalue weighted by atomic mass is 9.83. The van der Waals surface area contributed by atoms with Gasteiger partial charge >= 0.3 is 12.2 Å². The monoisotopic (exact) mass is 384 g/mol. The second kappa shape index (κ2) is 6.80. The van der Waals surface area contributed by atoms with Crippen LogP contribution in [0, 0.1) is 10.1 Å². The van der Waals surface area contributed by atoms with Gasteiger partial charge in [0.1, 0.15) is 17.2 Å². The van der Waals surface area contributed by atoms with Gasteiger partial charge in [-0.15, -0.1) is 0 Å². The van der Waals surface area contributed by atoms with E-state index in [1.165, 1.54) is 29.2 Å². The fourth-order valence-electron chi connectivity index (χ4n) is 3.45. The van der Waals surface area contributed by atoms with E-state index in [1.807, 2.05) is 6.07 Å². The lowest BCUT2D eigenvalue weighted by molar-refractivity contribution is -0.384. The molecule has 1 N–H and O–H groups in total. The summed E-state index contributed by atoms with van der Waals surface area (Å²) < 4.78 is 10.9. The van der Waals surface area contributed by atoms with Crippen LogP contribution in [0.5, 0.6) is 5.75 Å². The third-order valence-corrected chi connectivity index (χ3v) is 4.89. The largest absolute Gasteiger partial charge is 0.437 e. The number of nitro benzene ring substituents is 1. The molecule has 10 heteroatoms. The molecule has 0 aliphatic carbocycles. The molecule has 4 rings (SSSR count). The molecule has 144 valence electrons. The number of carbonyl (C=O) groups is 2. The number of likely N-dealkylation sites (tertiary alicyclic amines) is 1. The predicted molar refractivity (Wildman–Crippen MR) is 95.9 cm³/mol. The zero-order valence-corrected chi connectivity index (χ0v) is 14.7. The average Bonchev–Trinajstić information content (AvgIpc) is 2.69. The van der Waals surface area contributed by atoms with Crippen LogP contribution in [0.1, 0.15) is 18.4 Å². The number of nitrogens with one attached hydrogen (secondary N) is 1. The highest BCUT2D eigenvalue weighted by Gasteiger charge is 2.45. The number of fused-ring (bicyclic) bond motifs is 2. The van der Waals surface area contributed by atoms with Crippen molar-refractivity contribution in [2.24, 2.45) is 0 Å². The van der Waals surface area contributed by atoms with Gasteiger partial charge in [-0.3, -0.25) is 15.4 Å². The van der Waals surface area contributed by atoms with Crippen molar-refractivity contribution in [2.75, 3.05) is 18.4 Å². The highest BCUT2D eigenvalue weighted by Crippen LogP contribution is 2.42. The van der Waals surface area contributed by atoms with Crippen LogP contribution in [0.25, 0.3) is 0 Å². The molecule has 1 fully saturated rings. The Morgan fingerprint density at radius 2 is 1.96 bits per heavy atom. The van der Waals surface area contributed by atoms with Crippen LogP contribution in [0.15, 0.2) is 42.6 Å². The first kappa shape index (κ1) is 17.7. The molecule has 0 radical (unpaired) electrons. The molecule has 1 aromatic heterocycles. The van der Waals surface area contributed by atoms with Crippen molar-refractivity contribution < 1.29 is 24.0 Å². The number of aromatic nitrogens is 1. The van der Waals surface area contributed by atoms with Crippen molar-refractivity contribution in [3.63, 3.8) is 0 Å². The summed E-state index contributed by atoms with van der Waals surface area (Å²) in [7, 11) is 0. The van der Waals surface area contributed by atoms with Crippen LogP contribution >= 0.6 is 0 Å². The first-order chi connectivity index (χ1) is 13.5. The summed E-state index contributed by atoms with van der Waals surface area (Å²) in [5.74, 6) is 0.694. The standard InChI is InChI=1S/C18H16N4O6/c23-16-20-15-14(2-1-9-19-15)18(28-16)7-10-21(11-8-18)17(24)27-13-5-3-12(4-6-13)22(25)26/h1-6,9H,7-8,10-11H2,(H,19,20,23). The summed E-state index contributed by atoms with van der Waals surface area (Å²) in [6, 6.07) is 8.91. The minimum absolute atomic E-state index is 0.0836. The summed E-state index contributed by atoms with van der Waals surface area (Å²) >= 11 is 0. The van der Waals surface area contributed by atoms with Crippen LogP contribution in [0.2, 0.25) is 0 Å². The molecule has 1 spiro atoms. The number of piperidine rings is 1. The smallest absolute Gasteiger partial charge is 0.415 e. The highest BCUT2D eigenvalue weighted by molar-refractivity contribution is 5.87. The van der Waals surface area contributed by atoms with Gasteiger partial charge < -0.3 is 14.4 Å². The van der Waals surface area contributed by atoms with E-state index in [0.29, 0.717) is 31.7 Å². The Morgan fingerprint density at radius 3 is 2.64 bits per heavy atom. The number of carbonyl (C=O) groups excluding carboxylic acids is 2. The molecule has 28 heavy (non-hydrogen) atoms. The molecule has 2 aliphatic heterocycles. The minimum atomic E-state index is -0.823. The number of nitrogens with zero attached hydrogens (tertiary/aromatic N) is 3. The summed E-state index contributed by atoms with van der Waals surface area (Å²) in [5, 5.41) is 13.3. The van der Waals surface area contributed by atoms with Crippen LogP contribution < -0.4 is 10.1 Å². The van der Waals surface area contributed by atoms with E-state index < -0.39 is 22.7 Å². The number of hydrogen-bond donors (Lipinski definition) is 1. The number of nitro groups is 1. The minimum Gasteiger partial charge on any atom is -0.437 e. The maximum Gasteiger partial charge on any atom is 0.415 e. The van der Waals surface area contributed by atoms with Crippen molar-refractivity contribution in [3.8, 4) is 5.75 Å². The third kappa shape index (κ3) is 3.20. The Morgan fingerprint density at radius 1 is 1.25 bits per heavy atom. The Hall–Kier alpha value is -3.69. The number of anilines is 1. The number of benzene rings is 1. The maximum absolute atomic E-state index is 12.4. The number of hydrogen-bond acceptors (Lipinski definition) is 7. The van der Waals surface area contributed by atoms with Gasteiger partial charge in [-0.25, -0.2) is 14.6 Å². The zero-order valence-electron chi connectivity index (χ0n) is 14.7. The normalized spacial score (nSPS) is 17.3. The van der Waals surface area contributed by atoms with Crippen molar-refractivity contribution in [1.82, 2.24) is 9.88 Å². The molecule has 2 aromatic rings. The van der Waals surface area contributed by atoms with Crippen molar-refractivity contribution in [3.05, 3.63) is 58.3 Å². The number of ether oxygens (including phenoxy) is 2. The first-order valence-corrected chi connectivity index (χ1v) is 8.64. The molecule has 0 saturated carbocycles. The van der Waals surface area contributed by atoms with Gasteiger partial charge in [-0.1, -0.05) is 0 Å². The van der Waals surface area contributed by atoms with Gasteiger partial charge in [0.05, 0.1) is 4.92 Å². The van der Waals surface area contributed by atoms with E-state index in [0.717, 1.165) is 5.56 Å². The number of pyridine rings is 1. The van der Waals surface area contributed by atoms with Crippen molar-refractivity contribution in [1.29, 1.82) is 0 Å². The number of amides is 2. The second-order valence-electron chi connectivity index (χ2n) is 6.51. The Balaban J connectivity index is 1.43. The molecule has 2 aliphatic rings. The number of rotatable bonds is 2. The van der Waals surface area contributed by atoms with Crippen LogP contribution in [-0.2, 0) is 10.3 Å². The van der Waals surface area contributed by atoms with E-state index in [-0.39, 0.29) is 11.4 Å². The third-order valence-electron chi connectivity index (χ3n) is 4.89. The quantitative estimate of drug-likeness (QED) is 0.623. The van der Waals surface area contributed by atoms with E-state index in [4.69, 9.17) is 9.47 Å². The Bertz CT molecular complexity index is 937. The summed E-state index contributed by atoms with van der Waals surface area (Å²) in [6.07, 6.45) is 1.29. The van der Waals surface area contributed by atoms with Crippen LogP contribution in [0.4, 0.5) is 21.1 Å². The average molecular weight is 384 g/mol. The summed E-state index contributed by atoms with van der Waals surface area (Å²) in [6.45, 7) is 0.654. The molecular weight excluding hydrogens is 368 g/mol. The lowest BCUT2D eigenvalue weighted by Crippen LogP contribution is -2.50. The lowest BCUT2D eigenvalue weighted by Gasteiger charge is -2.43. The number of non-ortho nitro benzene ring substituents is 1. The van der Waals surface area contributed by atoms with E-state index in [9.17, 15) is 19.7 Å². The predicted octanol–water partition coefficient (Wildman–Crippen LogP) is 3.04. The van der Waals surface area contributed by atoms with E-state index >= 15 is 0 Å². The maximum atomic E-state index is 12.4. The molecule has 1 aromatic carbocycles. The fraction of sp³-hybridized carbons (Fsp3) is 0.278. The van der Waals surface area contributed by atoms with Crippen molar-refractivity contribution >= 4 is 23.7 Å². The second-order valence-corrected chi connectivity index (χ2v) is 6.51. The fourth-order valence-corrected chi connectivity index (χ4v) is 3.45. The van der Waals surface area contributed by atoms with Crippen molar-refractivity contribution in [2.45, 2.75) is 18.4 Å². The molecule has 2 amide bonds. The van der Waals surface area contributed by atoms with E-state index in [2.05, 4.69) is 10.3 Å². The Kier molecular flexibility index (Phi) is 4.30. The highest BCUT2D eigenvalue weighted by atomic mass is 16.6. The van der Waals surface area contributed by atoms with Crippen LogP contribution in [0.3, 0.4) is 0 Å². The van der Waals surface area contributed by atoms with Gasteiger partial charge in [0.25, 0.3) is 5.69 Å². The van der Waals surface area contributed by atoms with Gasteiger partial charge in [-0.05, 0) is 24.3 Å². The zero-order chi connectivity index (χ0) is 19.7. The molecule has 0 unspecified atom stereocenters. The van der Waals surface area contributed by atoms with Gasteiger partial charge in [0.2, 0.25) is 0 Å². The van der Waals surface area contributed by atoms with Gasteiger partial charge in [-0.2, -0.15) is 0 Å². The molecule has 10 nitrogen and oxygen atoms in total. The summed E-state index contributed by atoms with van der Waals surface area (Å²) in [5.41, 5.74) is -0.117. The van der Waals surface area contributed by atoms with Gasteiger partial charge in [0, 0.05) is 49.8 Å². The SMILES string of the molecule is O=C1Nc2ncccc2C2(CCN(C(=O)Oc3ccc([N+](=O)[O-])cc3)CC2)O1. The summed E-state index contributed by atoms with van der Waals surface area (Å²) in [4.78, 5) is 40.2. The molecule has 3 heterocycles. The van der Waals surface area contributed by atoms with Gasteiger partial charge in [0.15, 0.2) is 0 Å². The molecule has 0 atom stereocenters. The van der Waals surface area contributed by atoms with E-state index in [1.54, 1.807) is 12.3 Å². The Labute approximate surface area is 159 Å². The van der Waals surface area contributed by atoms with Crippen LogP contribution in [-0.4, -0.2) is 40.1 Å². The topological polar surface area (TPSA) is 124 Å².